The Balaban J connectivity index is 1.99. The molecule has 24 heavy (non-hydrogen) atoms. The SMILES string of the molecule is COc1ccc(C(C)CC(=O)NC2(C)CCCCC2C(=O)O)cc1. The number of carbonyl (C=O) groups is 2. The fraction of sp³-hybridized carbons (Fsp3) is 0.579. The molecular weight excluding hydrogens is 306 g/mol. The van der Waals surface area contributed by atoms with Crippen LogP contribution in [0, 0.1) is 5.92 Å². The van der Waals surface area contributed by atoms with Crippen molar-refractivity contribution in [1.82, 2.24) is 5.32 Å². The predicted molar refractivity (Wildman–Crippen MR) is 92.2 cm³/mol. The second kappa shape index (κ2) is 7.69. The van der Waals surface area contributed by atoms with Crippen LogP contribution in [0.4, 0.5) is 0 Å². The largest absolute Gasteiger partial charge is 0.497 e. The summed E-state index contributed by atoms with van der Waals surface area (Å²) in [5.74, 6) is -0.568. The van der Waals surface area contributed by atoms with E-state index in [0.29, 0.717) is 19.3 Å². The van der Waals surface area contributed by atoms with Crippen LogP contribution >= 0.6 is 0 Å². The molecule has 1 aromatic carbocycles. The molecule has 0 aliphatic heterocycles. The van der Waals surface area contributed by atoms with Crippen LogP contribution in [0.25, 0.3) is 0 Å². The van der Waals surface area contributed by atoms with E-state index < -0.39 is 17.4 Å². The van der Waals surface area contributed by atoms with Gasteiger partial charge >= 0.3 is 5.97 Å². The molecule has 132 valence electrons. The van der Waals surface area contributed by atoms with Crippen molar-refractivity contribution in [2.24, 2.45) is 5.92 Å². The summed E-state index contributed by atoms with van der Waals surface area (Å²) in [4.78, 5) is 24.0. The first-order valence-corrected chi connectivity index (χ1v) is 8.53. The lowest BCUT2D eigenvalue weighted by molar-refractivity contribution is -0.146. The van der Waals surface area contributed by atoms with Crippen molar-refractivity contribution in [2.45, 2.75) is 57.4 Å². The first-order valence-electron chi connectivity index (χ1n) is 8.53. The Morgan fingerprint density at radius 1 is 1.33 bits per heavy atom. The fourth-order valence-electron chi connectivity index (χ4n) is 3.58. The Bertz CT molecular complexity index is 584. The lowest BCUT2D eigenvalue weighted by atomic mass is 9.73. The lowest BCUT2D eigenvalue weighted by Crippen LogP contribution is -2.55. The van der Waals surface area contributed by atoms with Gasteiger partial charge in [-0.2, -0.15) is 0 Å². The molecule has 1 aliphatic rings. The molecule has 1 amide bonds. The maximum Gasteiger partial charge on any atom is 0.308 e. The van der Waals surface area contributed by atoms with Crippen LogP contribution in [0.2, 0.25) is 0 Å². The maximum absolute atomic E-state index is 12.5. The van der Waals surface area contributed by atoms with E-state index in [2.05, 4.69) is 5.32 Å². The van der Waals surface area contributed by atoms with E-state index in [1.807, 2.05) is 38.1 Å². The molecule has 1 aromatic rings. The molecule has 0 spiro atoms. The minimum absolute atomic E-state index is 0.0615. The lowest BCUT2D eigenvalue weighted by Gasteiger charge is -2.40. The average molecular weight is 333 g/mol. The molecule has 5 nitrogen and oxygen atoms in total. The molecular formula is C19H27NO4. The highest BCUT2D eigenvalue weighted by Gasteiger charge is 2.42. The van der Waals surface area contributed by atoms with Gasteiger partial charge < -0.3 is 15.2 Å². The summed E-state index contributed by atoms with van der Waals surface area (Å²) in [6.07, 6.45) is 3.54. The van der Waals surface area contributed by atoms with Crippen molar-refractivity contribution < 1.29 is 19.4 Å². The van der Waals surface area contributed by atoms with Gasteiger partial charge in [0, 0.05) is 6.42 Å². The van der Waals surface area contributed by atoms with Crippen molar-refractivity contribution in [3.05, 3.63) is 29.8 Å². The Morgan fingerprint density at radius 2 is 2.00 bits per heavy atom. The van der Waals surface area contributed by atoms with Gasteiger partial charge in [0.05, 0.1) is 18.6 Å². The average Bonchev–Trinajstić information content (AvgIpc) is 2.54. The molecule has 1 aliphatic carbocycles. The monoisotopic (exact) mass is 333 g/mol. The maximum atomic E-state index is 12.5. The number of rotatable bonds is 6. The highest BCUT2D eigenvalue weighted by Crippen LogP contribution is 2.34. The van der Waals surface area contributed by atoms with Crippen LogP contribution in [0.3, 0.4) is 0 Å². The van der Waals surface area contributed by atoms with Crippen LogP contribution in [0.1, 0.15) is 57.4 Å². The summed E-state index contributed by atoms with van der Waals surface area (Å²) in [5.41, 5.74) is 0.412. The molecule has 0 aromatic heterocycles. The summed E-state index contributed by atoms with van der Waals surface area (Å²) in [6.45, 7) is 3.86. The fourth-order valence-corrected chi connectivity index (χ4v) is 3.58. The number of benzene rings is 1. The number of methoxy groups -OCH3 is 1. The molecule has 3 unspecified atom stereocenters. The highest BCUT2D eigenvalue weighted by atomic mass is 16.5. The number of nitrogens with one attached hydrogen (secondary N) is 1. The Morgan fingerprint density at radius 3 is 2.58 bits per heavy atom. The van der Waals surface area contributed by atoms with Gasteiger partial charge in [0.1, 0.15) is 5.75 Å². The van der Waals surface area contributed by atoms with Crippen molar-refractivity contribution in [3.63, 3.8) is 0 Å². The predicted octanol–water partition coefficient (Wildman–Crippen LogP) is 3.34. The molecule has 0 saturated heterocycles. The quantitative estimate of drug-likeness (QED) is 0.837. The Labute approximate surface area is 143 Å². The zero-order valence-corrected chi connectivity index (χ0v) is 14.7. The molecule has 0 bridgehead atoms. The summed E-state index contributed by atoms with van der Waals surface area (Å²) in [5, 5.41) is 12.4. The van der Waals surface area contributed by atoms with Gasteiger partial charge in [-0.05, 0) is 43.4 Å². The smallest absolute Gasteiger partial charge is 0.308 e. The van der Waals surface area contributed by atoms with Crippen LogP contribution in [-0.2, 0) is 9.59 Å². The number of ether oxygens (including phenoxy) is 1. The van der Waals surface area contributed by atoms with Gasteiger partial charge in [0.2, 0.25) is 5.91 Å². The van der Waals surface area contributed by atoms with Gasteiger partial charge in [-0.15, -0.1) is 0 Å². The van der Waals surface area contributed by atoms with Gasteiger partial charge in [-0.1, -0.05) is 31.9 Å². The minimum atomic E-state index is -0.819. The minimum Gasteiger partial charge on any atom is -0.497 e. The van der Waals surface area contributed by atoms with E-state index in [4.69, 9.17) is 4.74 Å². The topological polar surface area (TPSA) is 75.6 Å². The summed E-state index contributed by atoms with van der Waals surface area (Å²) < 4.78 is 5.14. The van der Waals surface area contributed by atoms with Gasteiger partial charge in [0.15, 0.2) is 0 Å². The zero-order valence-electron chi connectivity index (χ0n) is 14.7. The first-order chi connectivity index (χ1) is 11.4. The highest BCUT2D eigenvalue weighted by molar-refractivity contribution is 5.80. The number of carbonyl (C=O) groups excluding carboxylic acids is 1. The van der Waals surface area contributed by atoms with Crippen LogP contribution in [0.15, 0.2) is 24.3 Å². The Kier molecular flexibility index (Phi) is 5.86. The van der Waals surface area contributed by atoms with E-state index >= 15 is 0 Å². The van der Waals surface area contributed by atoms with Crippen molar-refractivity contribution in [3.8, 4) is 5.75 Å². The third-order valence-corrected chi connectivity index (χ3v) is 5.11. The molecule has 5 heteroatoms. The van der Waals surface area contributed by atoms with Gasteiger partial charge in [-0.3, -0.25) is 9.59 Å². The third-order valence-electron chi connectivity index (χ3n) is 5.11. The number of aliphatic carboxylic acids is 1. The van der Waals surface area contributed by atoms with Crippen molar-refractivity contribution in [2.75, 3.05) is 7.11 Å². The normalized spacial score (nSPS) is 24.9. The number of hydrogen-bond donors (Lipinski definition) is 2. The number of carboxylic acid groups (broad SMARTS) is 1. The third kappa shape index (κ3) is 4.28. The van der Waals surface area contributed by atoms with E-state index in [-0.39, 0.29) is 11.8 Å². The van der Waals surface area contributed by atoms with Crippen LogP contribution in [0.5, 0.6) is 5.75 Å². The van der Waals surface area contributed by atoms with E-state index in [1.165, 1.54) is 0 Å². The summed E-state index contributed by atoms with van der Waals surface area (Å²) in [6, 6.07) is 7.68. The molecule has 1 fully saturated rings. The molecule has 0 heterocycles. The second-order valence-electron chi connectivity index (χ2n) is 6.98. The zero-order chi connectivity index (χ0) is 17.7. The summed E-state index contributed by atoms with van der Waals surface area (Å²) in [7, 11) is 1.62. The van der Waals surface area contributed by atoms with E-state index in [9.17, 15) is 14.7 Å². The van der Waals surface area contributed by atoms with Crippen molar-refractivity contribution >= 4 is 11.9 Å². The number of amides is 1. The van der Waals surface area contributed by atoms with E-state index in [1.54, 1.807) is 7.11 Å². The molecule has 0 radical (unpaired) electrons. The Hall–Kier alpha value is -2.04. The standard InChI is InChI=1S/C19H27NO4/c1-13(14-7-9-15(24-3)10-8-14)12-17(21)20-19(2)11-5-4-6-16(19)18(22)23/h7-10,13,16H,4-6,11-12H2,1-3H3,(H,20,21)(H,22,23). The summed E-state index contributed by atoms with van der Waals surface area (Å²) >= 11 is 0. The van der Waals surface area contributed by atoms with E-state index in [0.717, 1.165) is 24.2 Å². The van der Waals surface area contributed by atoms with Gasteiger partial charge in [0.25, 0.3) is 0 Å². The molecule has 2 rings (SSSR count). The first kappa shape index (κ1) is 18.3. The molecule has 2 N–H and O–H groups in total. The number of hydrogen-bond acceptors (Lipinski definition) is 3. The van der Waals surface area contributed by atoms with Crippen LogP contribution in [-0.4, -0.2) is 29.6 Å². The number of carboxylic acids is 1. The molecule has 3 atom stereocenters. The molecule has 1 saturated carbocycles. The van der Waals surface area contributed by atoms with Gasteiger partial charge in [-0.25, -0.2) is 0 Å². The second-order valence-corrected chi connectivity index (χ2v) is 6.98. The van der Waals surface area contributed by atoms with Crippen molar-refractivity contribution in [1.29, 1.82) is 0 Å². The van der Waals surface area contributed by atoms with Crippen LogP contribution < -0.4 is 10.1 Å².